The molecule has 0 saturated carbocycles. The van der Waals surface area contributed by atoms with Crippen LogP contribution < -0.4 is 0 Å². The maximum absolute atomic E-state index is 10.2. The molecule has 0 aliphatic carbocycles. The van der Waals surface area contributed by atoms with Gasteiger partial charge in [0.15, 0.2) is 0 Å². The van der Waals surface area contributed by atoms with Gasteiger partial charge in [0.1, 0.15) is 0 Å². The van der Waals surface area contributed by atoms with Crippen LogP contribution in [0.4, 0.5) is 0 Å². The van der Waals surface area contributed by atoms with E-state index in [0.717, 1.165) is 12.0 Å². The highest BCUT2D eigenvalue weighted by Gasteiger charge is 1.99. The number of hydrogen-bond donors (Lipinski definition) is 1. The topological polar surface area (TPSA) is 46.5 Å². The maximum atomic E-state index is 10.2. The van der Waals surface area contributed by atoms with Gasteiger partial charge in [0, 0.05) is 6.08 Å². The number of carbonyl (C=O) groups is 1. The summed E-state index contributed by atoms with van der Waals surface area (Å²) >= 11 is 0. The Morgan fingerprint density at radius 1 is 1.67 bits per heavy atom. The lowest BCUT2D eigenvalue weighted by molar-refractivity contribution is -0.131. The average Bonchev–Trinajstić information content (AvgIpc) is 1.99. The minimum absolute atomic E-state index is 0.196. The van der Waals surface area contributed by atoms with Gasteiger partial charge in [-0.05, 0) is 25.8 Å². The molecule has 0 rings (SSSR count). The normalized spacial score (nSPS) is 14.4. The van der Waals surface area contributed by atoms with Crippen LogP contribution in [0, 0.1) is 0 Å². The fraction of sp³-hybridized carbons (Fsp3) is 0.667. The van der Waals surface area contributed by atoms with Gasteiger partial charge in [0.05, 0.1) is 12.7 Å². The first-order valence-electron chi connectivity index (χ1n) is 4.08. The molecule has 0 heterocycles. The minimum Gasteiger partial charge on any atom is -0.478 e. The summed E-state index contributed by atoms with van der Waals surface area (Å²) in [4.78, 5) is 10.2. The highest BCUT2D eigenvalue weighted by molar-refractivity contribution is 5.80. The predicted molar refractivity (Wildman–Crippen MR) is 47.1 cm³/mol. The third kappa shape index (κ3) is 5.92. The Morgan fingerprint density at radius 3 is 2.67 bits per heavy atom. The first-order chi connectivity index (χ1) is 5.56. The Bertz CT molecular complexity index is 173. The van der Waals surface area contributed by atoms with Crippen LogP contribution in [0.25, 0.3) is 0 Å². The Kier molecular flexibility index (Phi) is 5.37. The average molecular weight is 172 g/mol. The van der Waals surface area contributed by atoms with Crippen LogP contribution in [0.5, 0.6) is 0 Å². The van der Waals surface area contributed by atoms with Crippen LogP contribution in [-0.2, 0) is 9.53 Å². The van der Waals surface area contributed by atoms with E-state index in [1.54, 1.807) is 6.92 Å². The molecule has 1 unspecified atom stereocenters. The van der Waals surface area contributed by atoms with Gasteiger partial charge in [0.25, 0.3) is 0 Å². The van der Waals surface area contributed by atoms with Crippen LogP contribution in [0.1, 0.15) is 27.2 Å². The van der Waals surface area contributed by atoms with Crippen molar-refractivity contribution in [2.75, 3.05) is 6.61 Å². The van der Waals surface area contributed by atoms with Gasteiger partial charge in [-0.15, -0.1) is 0 Å². The fourth-order valence-electron chi connectivity index (χ4n) is 0.644. The van der Waals surface area contributed by atoms with Gasteiger partial charge in [-0.3, -0.25) is 0 Å². The van der Waals surface area contributed by atoms with Crippen molar-refractivity contribution >= 4 is 5.97 Å². The molecule has 1 atom stereocenters. The standard InChI is InChI=1S/C9H16O3/c1-4-8(3)12-6-7(2)5-9(10)11/h5,8H,4,6H2,1-3H3,(H,10,11). The summed E-state index contributed by atoms with van der Waals surface area (Å²) in [5.74, 6) is -0.916. The number of carboxylic acid groups (broad SMARTS) is 1. The van der Waals surface area contributed by atoms with E-state index >= 15 is 0 Å². The molecule has 0 bridgehead atoms. The van der Waals surface area contributed by atoms with Crippen molar-refractivity contribution in [2.45, 2.75) is 33.3 Å². The van der Waals surface area contributed by atoms with Gasteiger partial charge in [-0.25, -0.2) is 4.79 Å². The molecule has 0 aliphatic rings. The summed E-state index contributed by atoms with van der Waals surface area (Å²) < 4.78 is 5.32. The minimum atomic E-state index is -0.916. The molecule has 0 radical (unpaired) electrons. The van der Waals surface area contributed by atoms with Crippen molar-refractivity contribution in [3.8, 4) is 0 Å². The van der Waals surface area contributed by atoms with Crippen molar-refractivity contribution in [1.82, 2.24) is 0 Å². The molecule has 70 valence electrons. The summed E-state index contributed by atoms with van der Waals surface area (Å²) in [6, 6.07) is 0. The zero-order valence-electron chi connectivity index (χ0n) is 7.83. The molecule has 0 saturated heterocycles. The Hall–Kier alpha value is -0.830. The summed E-state index contributed by atoms with van der Waals surface area (Å²) in [7, 11) is 0. The van der Waals surface area contributed by atoms with Crippen molar-refractivity contribution in [3.05, 3.63) is 11.6 Å². The molecule has 0 aliphatic heterocycles. The van der Waals surface area contributed by atoms with E-state index in [2.05, 4.69) is 0 Å². The van der Waals surface area contributed by atoms with Crippen LogP contribution in [-0.4, -0.2) is 23.8 Å². The van der Waals surface area contributed by atoms with Crippen molar-refractivity contribution in [3.63, 3.8) is 0 Å². The Labute approximate surface area is 73.0 Å². The molecule has 3 nitrogen and oxygen atoms in total. The second-order valence-corrected chi connectivity index (χ2v) is 2.86. The van der Waals surface area contributed by atoms with Gasteiger partial charge in [0.2, 0.25) is 0 Å². The lowest BCUT2D eigenvalue weighted by Crippen LogP contribution is -2.08. The van der Waals surface area contributed by atoms with Crippen molar-refractivity contribution in [1.29, 1.82) is 0 Å². The second kappa shape index (κ2) is 5.77. The number of aliphatic carboxylic acids is 1. The molecular weight excluding hydrogens is 156 g/mol. The van der Waals surface area contributed by atoms with Gasteiger partial charge < -0.3 is 9.84 Å². The number of rotatable bonds is 5. The molecular formula is C9H16O3. The van der Waals surface area contributed by atoms with Crippen molar-refractivity contribution in [2.24, 2.45) is 0 Å². The zero-order valence-corrected chi connectivity index (χ0v) is 7.83. The lowest BCUT2D eigenvalue weighted by Gasteiger charge is -2.09. The van der Waals surface area contributed by atoms with E-state index in [1.807, 2.05) is 13.8 Å². The summed E-state index contributed by atoms with van der Waals surface area (Å²) in [5, 5.41) is 8.37. The lowest BCUT2D eigenvalue weighted by atomic mass is 10.3. The van der Waals surface area contributed by atoms with Crippen LogP contribution in [0.2, 0.25) is 0 Å². The van der Waals surface area contributed by atoms with E-state index in [0.29, 0.717) is 6.61 Å². The number of carboxylic acids is 1. The first-order valence-corrected chi connectivity index (χ1v) is 4.08. The quantitative estimate of drug-likeness (QED) is 0.643. The first kappa shape index (κ1) is 11.2. The molecule has 12 heavy (non-hydrogen) atoms. The molecule has 0 fully saturated rings. The number of ether oxygens (including phenoxy) is 1. The van der Waals surface area contributed by atoms with E-state index in [1.165, 1.54) is 6.08 Å². The molecule has 0 spiro atoms. The van der Waals surface area contributed by atoms with E-state index in [9.17, 15) is 4.79 Å². The van der Waals surface area contributed by atoms with Crippen molar-refractivity contribution < 1.29 is 14.6 Å². The van der Waals surface area contributed by atoms with E-state index < -0.39 is 5.97 Å². The SMILES string of the molecule is CCC(C)OCC(C)=CC(=O)O. The fourth-order valence-corrected chi connectivity index (χ4v) is 0.644. The maximum Gasteiger partial charge on any atom is 0.328 e. The highest BCUT2D eigenvalue weighted by Crippen LogP contribution is 2.00. The molecule has 0 amide bonds. The van der Waals surface area contributed by atoms with Gasteiger partial charge in [-0.1, -0.05) is 6.92 Å². The zero-order chi connectivity index (χ0) is 9.56. The predicted octanol–water partition coefficient (Wildman–Crippen LogP) is 1.83. The summed E-state index contributed by atoms with van der Waals surface area (Å²) in [6.07, 6.45) is 2.31. The third-order valence-corrected chi connectivity index (χ3v) is 1.54. The smallest absolute Gasteiger partial charge is 0.328 e. The highest BCUT2D eigenvalue weighted by atomic mass is 16.5. The summed E-state index contributed by atoms with van der Waals surface area (Å²) in [5.41, 5.74) is 0.739. The molecule has 3 heteroatoms. The molecule has 1 N–H and O–H groups in total. The largest absolute Gasteiger partial charge is 0.478 e. The third-order valence-electron chi connectivity index (χ3n) is 1.54. The van der Waals surface area contributed by atoms with E-state index in [-0.39, 0.29) is 6.10 Å². The van der Waals surface area contributed by atoms with E-state index in [4.69, 9.17) is 9.84 Å². The number of hydrogen-bond acceptors (Lipinski definition) is 2. The van der Waals surface area contributed by atoms with Crippen LogP contribution in [0.3, 0.4) is 0 Å². The monoisotopic (exact) mass is 172 g/mol. The van der Waals surface area contributed by atoms with Gasteiger partial charge >= 0.3 is 5.97 Å². The second-order valence-electron chi connectivity index (χ2n) is 2.86. The van der Waals surface area contributed by atoms with Crippen LogP contribution >= 0.6 is 0 Å². The molecule has 0 aromatic heterocycles. The molecule has 0 aromatic carbocycles. The Morgan fingerprint density at radius 2 is 2.25 bits per heavy atom. The van der Waals surface area contributed by atoms with Gasteiger partial charge in [-0.2, -0.15) is 0 Å². The van der Waals surface area contributed by atoms with Crippen LogP contribution in [0.15, 0.2) is 11.6 Å². The molecule has 0 aromatic rings. The summed E-state index contributed by atoms with van der Waals surface area (Å²) in [6.45, 7) is 6.15. The Balaban J connectivity index is 3.70.